The molecule has 0 saturated carbocycles. The number of hydrogen-bond donors (Lipinski definition) is 5. The molecular formula is C15H30N2O6. The van der Waals surface area contributed by atoms with Crippen LogP contribution in [0.3, 0.4) is 0 Å². The van der Waals surface area contributed by atoms with Gasteiger partial charge in [0.15, 0.2) is 0 Å². The fourth-order valence-corrected chi connectivity index (χ4v) is 1.71. The lowest BCUT2D eigenvalue weighted by molar-refractivity contribution is -0.139. The van der Waals surface area contributed by atoms with E-state index in [1.807, 2.05) is 0 Å². The Bertz CT molecular complexity index is 318. The van der Waals surface area contributed by atoms with Crippen LogP contribution in [0.4, 0.5) is 0 Å². The van der Waals surface area contributed by atoms with Crippen molar-refractivity contribution in [2.45, 2.75) is 70.3 Å². The van der Waals surface area contributed by atoms with E-state index in [1.54, 1.807) is 0 Å². The van der Waals surface area contributed by atoms with Gasteiger partial charge in [-0.1, -0.05) is 25.7 Å². The van der Waals surface area contributed by atoms with Gasteiger partial charge in [0.25, 0.3) is 0 Å². The van der Waals surface area contributed by atoms with Gasteiger partial charge in [-0.2, -0.15) is 0 Å². The summed E-state index contributed by atoms with van der Waals surface area (Å²) in [5.41, 5.74) is 10.4. The van der Waals surface area contributed by atoms with E-state index in [0.717, 1.165) is 32.1 Å². The molecule has 0 unspecified atom stereocenters. The highest BCUT2D eigenvalue weighted by Crippen LogP contribution is 2.06. The Morgan fingerprint density at radius 3 is 1.52 bits per heavy atom. The van der Waals surface area contributed by atoms with E-state index in [9.17, 15) is 14.4 Å². The van der Waals surface area contributed by atoms with Crippen LogP contribution >= 0.6 is 0 Å². The van der Waals surface area contributed by atoms with E-state index in [2.05, 4.69) is 0 Å². The van der Waals surface area contributed by atoms with Crippen molar-refractivity contribution in [3.8, 4) is 0 Å². The molecule has 0 heterocycles. The fourth-order valence-electron chi connectivity index (χ4n) is 1.71. The van der Waals surface area contributed by atoms with E-state index in [-0.39, 0.29) is 12.8 Å². The van der Waals surface area contributed by atoms with Crippen molar-refractivity contribution in [2.75, 3.05) is 6.54 Å². The van der Waals surface area contributed by atoms with Crippen molar-refractivity contribution < 1.29 is 29.7 Å². The molecule has 0 saturated heterocycles. The number of nitrogens with two attached hydrogens (primary N) is 2. The van der Waals surface area contributed by atoms with Crippen LogP contribution in [0.15, 0.2) is 0 Å². The summed E-state index contributed by atoms with van der Waals surface area (Å²) < 4.78 is 0. The van der Waals surface area contributed by atoms with Gasteiger partial charge in [0.2, 0.25) is 0 Å². The zero-order chi connectivity index (χ0) is 18.1. The highest BCUT2D eigenvalue weighted by Gasteiger charge is 2.09. The predicted molar refractivity (Wildman–Crippen MR) is 86.1 cm³/mol. The van der Waals surface area contributed by atoms with Crippen molar-refractivity contribution >= 4 is 17.9 Å². The SMILES string of the molecule is NCCCC[C@H](N)C(=O)O.O=C(O)CCCCCCCC(=O)O. The van der Waals surface area contributed by atoms with Crippen LogP contribution in [0.1, 0.15) is 64.2 Å². The topological polar surface area (TPSA) is 164 Å². The van der Waals surface area contributed by atoms with Crippen molar-refractivity contribution in [3.63, 3.8) is 0 Å². The van der Waals surface area contributed by atoms with E-state index in [1.165, 1.54) is 0 Å². The monoisotopic (exact) mass is 334 g/mol. The van der Waals surface area contributed by atoms with Gasteiger partial charge in [0.05, 0.1) is 0 Å². The smallest absolute Gasteiger partial charge is 0.320 e. The molecule has 0 aliphatic rings. The summed E-state index contributed by atoms with van der Waals surface area (Å²) >= 11 is 0. The Balaban J connectivity index is 0. The molecule has 1 atom stereocenters. The number of hydrogen-bond acceptors (Lipinski definition) is 5. The van der Waals surface area contributed by atoms with Crippen molar-refractivity contribution in [3.05, 3.63) is 0 Å². The second kappa shape index (κ2) is 16.7. The van der Waals surface area contributed by atoms with Gasteiger partial charge in [-0.05, 0) is 32.2 Å². The van der Waals surface area contributed by atoms with E-state index < -0.39 is 23.9 Å². The minimum atomic E-state index is -0.933. The second-order valence-electron chi connectivity index (χ2n) is 5.28. The number of carboxylic acids is 3. The molecule has 8 heteroatoms. The molecule has 0 aromatic heterocycles. The summed E-state index contributed by atoms with van der Waals surface area (Å²) in [5.74, 6) is -2.45. The second-order valence-corrected chi connectivity index (χ2v) is 5.28. The Morgan fingerprint density at radius 2 is 1.17 bits per heavy atom. The number of rotatable bonds is 13. The van der Waals surface area contributed by atoms with E-state index in [4.69, 9.17) is 26.8 Å². The molecule has 8 nitrogen and oxygen atoms in total. The maximum absolute atomic E-state index is 10.1. The van der Waals surface area contributed by atoms with Gasteiger partial charge in [-0.15, -0.1) is 0 Å². The largest absolute Gasteiger partial charge is 0.481 e. The van der Waals surface area contributed by atoms with Gasteiger partial charge >= 0.3 is 17.9 Å². The molecule has 0 fully saturated rings. The maximum atomic E-state index is 10.1. The molecule has 0 amide bonds. The summed E-state index contributed by atoms with van der Waals surface area (Å²) in [6, 6.07) is -0.716. The van der Waals surface area contributed by atoms with Crippen LogP contribution in [0, 0.1) is 0 Å². The number of unbranched alkanes of at least 4 members (excludes halogenated alkanes) is 5. The summed E-state index contributed by atoms with van der Waals surface area (Å²) in [7, 11) is 0. The van der Waals surface area contributed by atoms with Gasteiger partial charge in [-0.25, -0.2) is 0 Å². The minimum Gasteiger partial charge on any atom is -0.481 e. The third kappa shape index (κ3) is 22.7. The first kappa shape index (κ1) is 23.6. The van der Waals surface area contributed by atoms with E-state index >= 15 is 0 Å². The fraction of sp³-hybridized carbons (Fsp3) is 0.800. The zero-order valence-corrected chi connectivity index (χ0v) is 13.6. The molecular weight excluding hydrogens is 304 g/mol. The van der Waals surface area contributed by atoms with Crippen LogP contribution in [0.25, 0.3) is 0 Å². The van der Waals surface area contributed by atoms with Gasteiger partial charge < -0.3 is 26.8 Å². The Hall–Kier alpha value is -1.67. The molecule has 0 aromatic rings. The number of carbonyl (C=O) groups is 3. The lowest BCUT2D eigenvalue weighted by Crippen LogP contribution is -2.29. The molecule has 0 aliphatic carbocycles. The van der Waals surface area contributed by atoms with Crippen LogP contribution < -0.4 is 11.5 Å². The summed E-state index contributed by atoms with van der Waals surface area (Å²) in [4.78, 5) is 30.3. The lowest BCUT2D eigenvalue weighted by atomic mass is 10.1. The quantitative estimate of drug-likeness (QED) is 0.315. The van der Waals surface area contributed by atoms with Crippen molar-refractivity contribution in [2.24, 2.45) is 11.5 Å². The number of carboxylic acid groups (broad SMARTS) is 3. The van der Waals surface area contributed by atoms with Gasteiger partial charge in [-0.3, -0.25) is 14.4 Å². The third-order valence-corrected chi connectivity index (χ3v) is 3.07. The molecule has 0 aromatic carbocycles. The molecule has 0 radical (unpaired) electrons. The minimum absolute atomic E-state index is 0.221. The normalized spacial score (nSPS) is 11.2. The van der Waals surface area contributed by atoms with Crippen LogP contribution in [0.5, 0.6) is 0 Å². The predicted octanol–water partition coefficient (Wildman–Crippen LogP) is 1.41. The third-order valence-electron chi connectivity index (χ3n) is 3.07. The van der Waals surface area contributed by atoms with Gasteiger partial charge in [0.1, 0.15) is 6.04 Å². The van der Waals surface area contributed by atoms with Crippen LogP contribution in [0.2, 0.25) is 0 Å². The highest BCUT2D eigenvalue weighted by atomic mass is 16.4. The summed E-state index contributed by atoms with van der Waals surface area (Å²) in [6.07, 6.45) is 6.69. The lowest BCUT2D eigenvalue weighted by Gasteiger charge is -2.03. The first-order valence-electron chi connectivity index (χ1n) is 7.93. The van der Waals surface area contributed by atoms with Crippen molar-refractivity contribution in [1.82, 2.24) is 0 Å². The molecule has 0 aliphatic heterocycles. The molecule has 136 valence electrons. The Kier molecular flexibility index (Phi) is 17.1. The van der Waals surface area contributed by atoms with Crippen LogP contribution in [-0.4, -0.2) is 45.8 Å². The standard InChI is InChI=1S/C9H16O4.C6H14N2O2/c10-8(11)6-4-2-1-3-5-7-9(12)13;7-4-2-1-3-5(8)6(9)10/h1-7H2,(H,10,11)(H,12,13);5H,1-4,7-8H2,(H,9,10)/t;5-/m.0/s1. The summed E-state index contributed by atoms with van der Waals surface area (Å²) in [6.45, 7) is 0.604. The first-order valence-corrected chi connectivity index (χ1v) is 7.93. The first-order chi connectivity index (χ1) is 10.8. The Labute approximate surface area is 136 Å². The molecule has 0 bridgehead atoms. The van der Waals surface area contributed by atoms with E-state index in [0.29, 0.717) is 25.8 Å². The Morgan fingerprint density at radius 1 is 0.739 bits per heavy atom. The average molecular weight is 334 g/mol. The highest BCUT2D eigenvalue weighted by molar-refractivity contribution is 5.72. The maximum Gasteiger partial charge on any atom is 0.320 e. The van der Waals surface area contributed by atoms with Gasteiger partial charge in [0, 0.05) is 12.8 Å². The van der Waals surface area contributed by atoms with Crippen LogP contribution in [-0.2, 0) is 14.4 Å². The molecule has 7 N–H and O–H groups in total. The zero-order valence-electron chi connectivity index (χ0n) is 13.6. The molecule has 0 rings (SSSR count). The van der Waals surface area contributed by atoms with Crippen molar-refractivity contribution in [1.29, 1.82) is 0 Å². The summed E-state index contributed by atoms with van der Waals surface area (Å²) in [5, 5.41) is 24.9. The average Bonchev–Trinajstić information content (AvgIpc) is 2.46. The molecule has 23 heavy (non-hydrogen) atoms. The number of aliphatic carboxylic acids is 3. The molecule has 0 spiro atoms.